The zero-order chi connectivity index (χ0) is 18.6. The van der Waals surface area contributed by atoms with Crippen LogP contribution in [0.4, 0.5) is 0 Å². The van der Waals surface area contributed by atoms with Crippen LogP contribution in [0.25, 0.3) is 0 Å². The molecule has 6 nitrogen and oxygen atoms in total. The first kappa shape index (κ1) is 29.6. The van der Waals surface area contributed by atoms with Gasteiger partial charge < -0.3 is 27.0 Å². The molecule has 7 N–H and O–H groups in total. The zero-order valence-corrected chi connectivity index (χ0v) is 16.0. The van der Waals surface area contributed by atoms with Crippen molar-refractivity contribution in [3.05, 3.63) is 25.1 Å². The normalized spacial score (nSPS) is 9.00. The molecule has 12 heteroatoms. The van der Waals surface area contributed by atoms with E-state index in [0.717, 1.165) is 20.0 Å². The number of aromatic hydroxyl groups is 1. The van der Waals surface area contributed by atoms with Crippen molar-refractivity contribution in [2.75, 3.05) is 26.2 Å². The number of carboxylic acid groups (broad SMARTS) is 1. The van der Waals surface area contributed by atoms with Crippen LogP contribution in [-0.2, 0) is 4.79 Å². The summed E-state index contributed by atoms with van der Waals surface area (Å²) in [7, 11) is 0. The van der Waals surface area contributed by atoms with Crippen molar-refractivity contribution in [2.45, 2.75) is 6.92 Å². The molecule has 1 rings (SSSR count). The summed E-state index contributed by atoms with van der Waals surface area (Å²) < 4.78 is 0. The fraction of sp³-hybridized carbons (Fsp3) is 0.417. The van der Waals surface area contributed by atoms with Gasteiger partial charge in [-0.1, -0.05) is 58.0 Å². The van der Waals surface area contributed by atoms with Crippen LogP contribution >= 0.6 is 58.0 Å². The number of carbonyl (C=O) groups is 1. The van der Waals surface area contributed by atoms with E-state index >= 15 is 0 Å². The Kier molecular flexibility index (Phi) is 21.3. The Balaban J connectivity index is -0.000000316. The summed E-state index contributed by atoms with van der Waals surface area (Å²) in [5.74, 6) is -1.20. The quantitative estimate of drug-likeness (QED) is 0.207. The molecule has 0 aliphatic carbocycles. The van der Waals surface area contributed by atoms with Crippen LogP contribution in [0.15, 0.2) is 0 Å². The third-order valence-electron chi connectivity index (χ3n) is 1.83. The molecule has 0 aromatic heterocycles. The van der Waals surface area contributed by atoms with E-state index < -0.39 is 5.97 Å². The van der Waals surface area contributed by atoms with Crippen LogP contribution < -0.4 is 16.8 Å². The minimum atomic E-state index is -0.833. The van der Waals surface area contributed by atoms with E-state index in [2.05, 4.69) is 5.32 Å². The molecule has 0 radical (unpaired) electrons. The van der Waals surface area contributed by atoms with Gasteiger partial charge in [-0.15, -0.1) is 0 Å². The van der Waals surface area contributed by atoms with Crippen molar-refractivity contribution in [2.24, 2.45) is 11.5 Å². The predicted octanol–water partition coefficient (Wildman–Crippen LogP) is 2.60. The molecule has 1 aromatic rings. The van der Waals surface area contributed by atoms with Crippen LogP contribution in [0.5, 0.6) is 5.75 Å². The number of hydrogen-bond acceptors (Lipinski definition) is 5. The molecule has 0 saturated carbocycles. The van der Waals surface area contributed by atoms with Crippen LogP contribution in [0.2, 0.25) is 25.1 Å². The van der Waals surface area contributed by atoms with Gasteiger partial charge in [0.05, 0.1) is 15.1 Å². The van der Waals surface area contributed by atoms with Crippen LogP contribution in [-0.4, -0.2) is 71.9 Å². The van der Waals surface area contributed by atoms with E-state index in [-0.39, 0.29) is 60.4 Å². The number of phenols is 1. The second-order valence-electron chi connectivity index (χ2n) is 3.76. The minimum absolute atomic E-state index is 0. The van der Waals surface area contributed by atoms with Crippen molar-refractivity contribution in [1.82, 2.24) is 5.32 Å². The third-order valence-corrected chi connectivity index (χ3v) is 4.09. The Morgan fingerprint density at radius 3 is 1.42 bits per heavy atom. The average molecular weight is 454 g/mol. The van der Waals surface area contributed by atoms with Crippen molar-refractivity contribution in [1.29, 1.82) is 0 Å². The van der Waals surface area contributed by atoms with E-state index in [9.17, 15) is 5.11 Å². The van der Waals surface area contributed by atoms with Crippen molar-refractivity contribution >= 4 is 93.5 Å². The van der Waals surface area contributed by atoms with Crippen LogP contribution in [0.3, 0.4) is 0 Å². The maximum atomic E-state index is 9.20. The Morgan fingerprint density at radius 1 is 0.917 bits per heavy atom. The molecular weight excluding hydrogens is 434 g/mol. The first-order valence-corrected chi connectivity index (χ1v) is 8.01. The van der Waals surface area contributed by atoms with E-state index in [0.29, 0.717) is 13.1 Å². The van der Waals surface area contributed by atoms with Crippen LogP contribution in [0.1, 0.15) is 6.92 Å². The summed E-state index contributed by atoms with van der Waals surface area (Å²) in [5, 5.41) is 19.5. The molecule has 0 spiro atoms. The van der Waals surface area contributed by atoms with Gasteiger partial charge in [-0.3, -0.25) is 4.79 Å². The number of halogens is 5. The molecule has 24 heavy (non-hydrogen) atoms. The topological polar surface area (TPSA) is 122 Å². The third kappa shape index (κ3) is 13.1. The van der Waals surface area contributed by atoms with Gasteiger partial charge in [0.25, 0.3) is 5.97 Å². The number of rotatable bonds is 4. The molecule has 0 aliphatic rings. The molecule has 0 amide bonds. The molecule has 0 heterocycles. The SMILES string of the molecule is CC(=O)O.NCCNCCN.Oc1c(Cl)c(Cl)c(Cl)c(Cl)c1Cl.[NaH]. The Morgan fingerprint density at radius 2 is 1.17 bits per heavy atom. The van der Waals surface area contributed by atoms with Gasteiger partial charge in [-0.25, -0.2) is 0 Å². The van der Waals surface area contributed by atoms with Gasteiger partial charge in [0.2, 0.25) is 0 Å². The molecule has 0 fully saturated rings. The predicted molar refractivity (Wildman–Crippen MR) is 105 cm³/mol. The second-order valence-corrected chi connectivity index (χ2v) is 5.65. The summed E-state index contributed by atoms with van der Waals surface area (Å²) in [4.78, 5) is 9.00. The summed E-state index contributed by atoms with van der Waals surface area (Å²) in [6, 6.07) is 0. The van der Waals surface area contributed by atoms with E-state index in [1.54, 1.807) is 0 Å². The molecular formula is C12H19Cl5N3NaO3. The Hall–Kier alpha value is 0.820. The maximum absolute atomic E-state index is 9.20. The number of nitrogens with one attached hydrogen (secondary N) is 1. The van der Waals surface area contributed by atoms with Crippen molar-refractivity contribution in [3.8, 4) is 5.75 Å². The summed E-state index contributed by atoms with van der Waals surface area (Å²) in [6.07, 6.45) is 0. The number of nitrogens with two attached hydrogens (primary N) is 2. The van der Waals surface area contributed by atoms with Crippen molar-refractivity contribution < 1.29 is 15.0 Å². The first-order valence-electron chi connectivity index (χ1n) is 6.12. The summed E-state index contributed by atoms with van der Waals surface area (Å²) >= 11 is 27.9. The fourth-order valence-corrected chi connectivity index (χ4v) is 2.05. The summed E-state index contributed by atoms with van der Waals surface area (Å²) in [6.45, 7) is 4.22. The van der Waals surface area contributed by atoms with Gasteiger partial charge >= 0.3 is 29.6 Å². The molecule has 0 aliphatic heterocycles. The summed E-state index contributed by atoms with van der Waals surface area (Å²) in [5.41, 5.74) is 10.3. The molecule has 1 aromatic carbocycles. The second kappa shape index (κ2) is 17.2. The van der Waals surface area contributed by atoms with E-state index in [1.807, 2.05) is 0 Å². The van der Waals surface area contributed by atoms with Gasteiger partial charge in [-0.05, 0) is 0 Å². The fourth-order valence-electron chi connectivity index (χ4n) is 0.922. The van der Waals surface area contributed by atoms with E-state index in [4.69, 9.17) is 79.4 Å². The molecule has 0 unspecified atom stereocenters. The Bertz CT molecular complexity index is 396. The average Bonchev–Trinajstić information content (AvgIpc) is 2.50. The number of hydrogen-bond donors (Lipinski definition) is 5. The molecule has 136 valence electrons. The van der Waals surface area contributed by atoms with Crippen LogP contribution in [0, 0.1) is 0 Å². The van der Waals surface area contributed by atoms with E-state index in [1.165, 1.54) is 0 Å². The van der Waals surface area contributed by atoms with Gasteiger partial charge in [0, 0.05) is 33.1 Å². The standard InChI is InChI=1S/C6HCl5O.C4H13N3.C2H4O2.Na.H/c7-1-2(8)4(10)6(12)5(11)3(1)9;5-1-3-7-4-2-6;1-2(3)4;;/h12H;7H,1-6H2;1H3,(H,3,4);;. The monoisotopic (exact) mass is 451 g/mol. The van der Waals surface area contributed by atoms with Crippen molar-refractivity contribution in [3.63, 3.8) is 0 Å². The zero-order valence-electron chi connectivity index (χ0n) is 12.2. The number of aliphatic carboxylic acids is 1. The number of carboxylic acids is 1. The first-order chi connectivity index (χ1) is 10.6. The molecule has 0 bridgehead atoms. The van der Waals surface area contributed by atoms with Gasteiger partial charge in [0.1, 0.15) is 10.0 Å². The van der Waals surface area contributed by atoms with Gasteiger partial charge in [0.15, 0.2) is 5.75 Å². The molecule has 0 atom stereocenters. The Labute approximate surface area is 188 Å². The molecule has 0 saturated heterocycles. The van der Waals surface area contributed by atoms with Gasteiger partial charge in [-0.2, -0.15) is 0 Å². The number of phenolic OH excluding ortho intramolecular Hbond substituents is 1. The number of benzene rings is 1.